The van der Waals surface area contributed by atoms with Crippen LogP contribution in [0.3, 0.4) is 0 Å². The Morgan fingerprint density at radius 3 is 2.70 bits per heavy atom. The second-order valence-corrected chi connectivity index (χ2v) is 4.67. The third-order valence-electron chi connectivity index (χ3n) is 3.56. The summed E-state index contributed by atoms with van der Waals surface area (Å²) in [7, 11) is 3.05. The van der Waals surface area contributed by atoms with Crippen LogP contribution in [0.2, 0.25) is 0 Å². The maximum atomic E-state index is 11.6. The summed E-state index contributed by atoms with van der Waals surface area (Å²) in [6.45, 7) is 0.124. The van der Waals surface area contributed by atoms with E-state index in [1.807, 2.05) is 0 Å². The van der Waals surface area contributed by atoms with Crippen molar-refractivity contribution in [2.24, 2.45) is 5.92 Å². The van der Waals surface area contributed by atoms with Crippen LogP contribution < -0.4 is 14.8 Å². The highest BCUT2D eigenvalue weighted by atomic mass is 16.5. The molecule has 108 valence electrons. The molecule has 0 aromatic heterocycles. The Hall–Kier alpha value is -2.24. The monoisotopic (exact) mass is 279 g/mol. The Morgan fingerprint density at radius 1 is 1.35 bits per heavy atom. The van der Waals surface area contributed by atoms with Gasteiger partial charge in [-0.1, -0.05) is 0 Å². The molecule has 1 fully saturated rings. The molecule has 1 aliphatic rings. The van der Waals surface area contributed by atoms with E-state index >= 15 is 0 Å². The maximum Gasteiger partial charge on any atom is 0.308 e. The Labute approximate surface area is 116 Å². The Morgan fingerprint density at radius 2 is 2.10 bits per heavy atom. The number of rotatable bonds is 4. The van der Waals surface area contributed by atoms with Crippen LogP contribution in [-0.2, 0) is 9.59 Å². The molecular formula is C14H17NO5. The summed E-state index contributed by atoms with van der Waals surface area (Å²) in [5.41, 5.74) is 0.689. The molecule has 20 heavy (non-hydrogen) atoms. The molecule has 1 amide bonds. The lowest BCUT2D eigenvalue weighted by Gasteiger charge is -2.30. The topological polar surface area (TPSA) is 84.9 Å². The zero-order valence-corrected chi connectivity index (χ0v) is 11.4. The van der Waals surface area contributed by atoms with Crippen molar-refractivity contribution in [3.8, 4) is 11.5 Å². The zero-order chi connectivity index (χ0) is 14.7. The summed E-state index contributed by atoms with van der Waals surface area (Å²) in [5, 5.41) is 11.9. The molecule has 2 atom stereocenters. The quantitative estimate of drug-likeness (QED) is 0.859. The van der Waals surface area contributed by atoms with Gasteiger partial charge >= 0.3 is 5.97 Å². The molecule has 0 aliphatic carbocycles. The van der Waals surface area contributed by atoms with E-state index in [0.29, 0.717) is 17.1 Å². The number of carbonyl (C=O) groups is 2. The number of hydrogen-bond acceptors (Lipinski definition) is 4. The first-order valence-corrected chi connectivity index (χ1v) is 6.28. The number of carbonyl (C=O) groups excluding carboxylic acids is 1. The molecule has 1 heterocycles. The van der Waals surface area contributed by atoms with E-state index in [0.717, 1.165) is 0 Å². The highest BCUT2D eigenvalue weighted by molar-refractivity contribution is 5.82. The summed E-state index contributed by atoms with van der Waals surface area (Å²) in [6.07, 6.45) is 0.125. The molecular weight excluding hydrogens is 262 g/mol. The minimum absolute atomic E-state index is 0.124. The minimum Gasteiger partial charge on any atom is -0.497 e. The standard InChI is InChI=1S/C14H17NO5/c1-19-8-3-4-12(20-2)10(5-8)9-6-13(16)15-7-11(9)14(17)18/h3-5,9,11H,6-7H2,1-2H3,(H,15,16)(H,17,18). The normalized spacial score (nSPS) is 22.0. The van der Waals surface area contributed by atoms with Crippen LogP contribution in [0, 0.1) is 5.92 Å². The summed E-state index contributed by atoms with van der Waals surface area (Å²) in [6, 6.07) is 5.19. The fourth-order valence-corrected chi connectivity index (χ4v) is 2.50. The predicted molar refractivity (Wildman–Crippen MR) is 71.0 cm³/mol. The number of ether oxygens (including phenoxy) is 2. The van der Waals surface area contributed by atoms with Crippen LogP contribution in [0.5, 0.6) is 11.5 Å². The molecule has 2 unspecified atom stereocenters. The molecule has 0 radical (unpaired) electrons. The van der Waals surface area contributed by atoms with Crippen molar-refractivity contribution in [3.05, 3.63) is 23.8 Å². The van der Waals surface area contributed by atoms with Gasteiger partial charge in [0.05, 0.1) is 20.1 Å². The number of benzene rings is 1. The average molecular weight is 279 g/mol. The first kappa shape index (κ1) is 14.2. The number of nitrogens with one attached hydrogen (secondary N) is 1. The van der Waals surface area contributed by atoms with E-state index in [2.05, 4.69) is 5.32 Å². The van der Waals surface area contributed by atoms with Crippen molar-refractivity contribution >= 4 is 11.9 Å². The highest BCUT2D eigenvalue weighted by Gasteiger charge is 2.36. The number of amides is 1. The summed E-state index contributed by atoms with van der Waals surface area (Å²) < 4.78 is 10.4. The first-order chi connectivity index (χ1) is 9.56. The van der Waals surface area contributed by atoms with Crippen LogP contribution in [0.4, 0.5) is 0 Å². The third kappa shape index (κ3) is 2.68. The second kappa shape index (κ2) is 5.81. The zero-order valence-electron chi connectivity index (χ0n) is 11.4. The van der Waals surface area contributed by atoms with Crippen LogP contribution in [0.1, 0.15) is 17.9 Å². The lowest BCUT2D eigenvalue weighted by Crippen LogP contribution is -2.43. The van der Waals surface area contributed by atoms with Crippen LogP contribution >= 0.6 is 0 Å². The van der Waals surface area contributed by atoms with E-state index in [-0.39, 0.29) is 18.9 Å². The second-order valence-electron chi connectivity index (χ2n) is 4.67. The van der Waals surface area contributed by atoms with Gasteiger partial charge in [-0.25, -0.2) is 0 Å². The molecule has 6 heteroatoms. The lowest BCUT2D eigenvalue weighted by atomic mass is 9.80. The molecule has 0 spiro atoms. The van der Waals surface area contributed by atoms with Crippen molar-refractivity contribution < 1.29 is 24.2 Å². The molecule has 6 nitrogen and oxygen atoms in total. The van der Waals surface area contributed by atoms with Gasteiger partial charge in [-0.2, -0.15) is 0 Å². The molecule has 0 saturated carbocycles. The van der Waals surface area contributed by atoms with Gasteiger partial charge in [-0.15, -0.1) is 0 Å². The molecule has 1 saturated heterocycles. The van der Waals surface area contributed by atoms with Gasteiger partial charge in [0.25, 0.3) is 0 Å². The smallest absolute Gasteiger partial charge is 0.308 e. The van der Waals surface area contributed by atoms with Crippen LogP contribution in [0.15, 0.2) is 18.2 Å². The van der Waals surface area contributed by atoms with Gasteiger partial charge in [-0.3, -0.25) is 9.59 Å². The van der Waals surface area contributed by atoms with Gasteiger partial charge in [0.2, 0.25) is 5.91 Å². The summed E-state index contributed by atoms with van der Waals surface area (Å²) in [5.74, 6) is -1.01. The van der Waals surface area contributed by atoms with Crippen LogP contribution in [0.25, 0.3) is 0 Å². The van der Waals surface area contributed by atoms with Gasteiger partial charge in [-0.05, 0) is 18.2 Å². The first-order valence-electron chi connectivity index (χ1n) is 6.28. The van der Waals surface area contributed by atoms with Crippen molar-refractivity contribution in [2.75, 3.05) is 20.8 Å². The number of hydrogen-bond donors (Lipinski definition) is 2. The van der Waals surface area contributed by atoms with Crippen molar-refractivity contribution in [2.45, 2.75) is 12.3 Å². The van der Waals surface area contributed by atoms with Crippen LogP contribution in [-0.4, -0.2) is 37.7 Å². The Bertz CT molecular complexity index is 528. The molecule has 2 N–H and O–H groups in total. The number of aliphatic carboxylic acids is 1. The molecule has 1 aromatic rings. The Kier molecular flexibility index (Phi) is 4.12. The molecule has 1 aliphatic heterocycles. The largest absolute Gasteiger partial charge is 0.497 e. The SMILES string of the molecule is COc1ccc(OC)c(C2CC(=O)NCC2C(=O)O)c1. The number of piperidine rings is 1. The Balaban J connectivity index is 2.44. The van der Waals surface area contributed by atoms with E-state index < -0.39 is 17.8 Å². The van der Waals surface area contributed by atoms with E-state index in [1.165, 1.54) is 14.2 Å². The van der Waals surface area contributed by atoms with Gasteiger partial charge in [0.15, 0.2) is 0 Å². The van der Waals surface area contributed by atoms with Gasteiger partial charge < -0.3 is 19.9 Å². The molecule has 1 aromatic carbocycles. The fourth-order valence-electron chi connectivity index (χ4n) is 2.50. The minimum atomic E-state index is -0.931. The summed E-state index contributed by atoms with van der Waals surface area (Å²) >= 11 is 0. The van der Waals surface area contributed by atoms with E-state index in [1.54, 1.807) is 18.2 Å². The van der Waals surface area contributed by atoms with Crippen molar-refractivity contribution in [1.29, 1.82) is 0 Å². The number of methoxy groups -OCH3 is 2. The molecule has 0 bridgehead atoms. The lowest BCUT2D eigenvalue weighted by molar-refractivity contribution is -0.144. The summed E-state index contributed by atoms with van der Waals surface area (Å²) in [4.78, 5) is 23.0. The fraction of sp³-hybridized carbons (Fsp3) is 0.429. The van der Waals surface area contributed by atoms with Crippen molar-refractivity contribution in [1.82, 2.24) is 5.32 Å². The number of carboxylic acid groups (broad SMARTS) is 1. The molecule has 2 rings (SSSR count). The van der Waals surface area contributed by atoms with Gasteiger partial charge in [0.1, 0.15) is 11.5 Å². The average Bonchev–Trinajstić information content (AvgIpc) is 2.46. The predicted octanol–water partition coefficient (Wildman–Crippen LogP) is 1.01. The van der Waals surface area contributed by atoms with Crippen molar-refractivity contribution in [3.63, 3.8) is 0 Å². The number of carboxylic acids is 1. The van der Waals surface area contributed by atoms with E-state index in [9.17, 15) is 14.7 Å². The van der Waals surface area contributed by atoms with Gasteiger partial charge in [0, 0.05) is 24.4 Å². The third-order valence-corrected chi connectivity index (χ3v) is 3.56. The maximum absolute atomic E-state index is 11.6. The highest BCUT2D eigenvalue weighted by Crippen LogP contribution is 2.38. The van der Waals surface area contributed by atoms with E-state index in [4.69, 9.17) is 9.47 Å².